The van der Waals surface area contributed by atoms with Crippen LogP contribution in [-0.4, -0.2) is 11.5 Å². The van der Waals surface area contributed by atoms with Crippen LogP contribution in [0.15, 0.2) is 0 Å². The van der Waals surface area contributed by atoms with Gasteiger partial charge in [0.05, 0.1) is 10.7 Å². The average molecular weight is 297 g/mol. The maximum absolute atomic E-state index is 4.59. The van der Waals surface area contributed by atoms with Gasteiger partial charge in [0.2, 0.25) is 0 Å². The highest BCUT2D eigenvalue weighted by Crippen LogP contribution is 2.28. The molecule has 1 N–H and O–H groups in total. The van der Waals surface area contributed by atoms with E-state index in [9.17, 15) is 0 Å². The van der Waals surface area contributed by atoms with E-state index >= 15 is 0 Å². The van der Waals surface area contributed by atoms with Crippen LogP contribution in [0.25, 0.3) is 0 Å². The molecule has 3 heteroatoms. The lowest BCUT2D eigenvalue weighted by Gasteiger charge is -2.17. The van der Waals surface area contributed by atoms with Crippen molar-refractivity contribution in [2.75, 3.05) is 6.54 Å². The number of rotatable bonds is 11. The molecule has 1 rings (SSSR count). The van der Waals surface area contributed by atoms with E-state index in [0.29, 0.717) is 6.04 Å². The van der Waals surface area contributed by atoms with Gasteiger partial charge < -0.3 is 5.32 Å². The Morgan fingerprint density at radius 1 is 1.00 bits per heavy atom. The van der Waals surface area contributed by atoms with Crippen molar-refractivity contribution in [3.05, 3.63) is 15.6 Å². The zero-order chi connectivity index (χ0) is 14.8. The van der Waals surface area contributed by atoms with Gasteiger partial charge in [-0.05, 0) is 33.2 Å². The highest BCUT2D eigenvalue weighted by molar-refractivity contribution is 7.11. The van der Waals surface area contributed by atoms with Gasteiger partial charge in [-0.25, -0.2) is 4.98 Å². The molecule has 0 aromatic carbocycles. The Hall–Kier alpha value is -0.410. The number of nitrogens with one attached hydrogen (secondary N) is 1. The second-order valence-electron chi connectivity index (χ2n) is 5.75. The third kappa shape index (κ3) is 6.36. The molecule has 1 aromatic heterocycles. The van der Waals surface area contributed by atoms with Crippen LogP contribution in [0.3, 0.4) is 0 Å². The molecule has 0 aliphatic heterocycles. The molecule has 0 spiro atoms. The van der Waals surface area contributed by atoms with Crippen LogP contribution in [0.1, 0.15) is 86.8 Å². The summed E-state index contributed by atoms with van der Waals surface area (Å²) in [4.78, 5) is 6.05. The fourth-order valence-electron chi connectivity index (χ4n) is 2.64. The molecule has 0 fully saturated rings. The Balaban J connectivity index is 2.42. The zero-order valence-corrected chi connectivity index (χ0v) is 14.6. The van der Waals surface area contributed by atoms with Crippen molar-refractivity contribution in [3.8, 4) is 0 Å². The first-order valence-electron chi connectivity index (χ1n) is 8.36. The Morgan fingerprint density at radius 3 is 2.30 bits per heavy atom. The highest BCUT2D eigenvalue weighted by atomic mass is 32.1. The number of nitrogens with zero attached hydrogens (tertiary/aromatic N) is 1. The summed E-state index contributed by atoms with van der Waals surface area (Å²) in [5.74, 6) is 0. The topological polar surface area (TPSA) is 24.9 Å². The summed E-state index contributed by atoms with van der Waals surface area (Å²) < 4.78 is 0. The van der Waals surface area contributed by atoms with E-state index in [2.05, 4.69) is 38.0 Å². The highest BCUT2D eigenvalue weighted by Gasteiger charge is 2.16. The molecule has 0 amide bonds. The van der Waals surface area contributed by atoms with Crippen LogP contribution in [0.2, 0.25) is 0 Å². The number of hydrogen-bond donors (Lipinski definition) is 1. The summed E-state index contributed by atoms with van der Waals surface area (Å²) in [6.07, 6.45) is 10.7. The number of aromatic nitrogens is 1. The molecule has 0 saturated heterocycles. The molecule has 116 valence electrons. The molecule has 2 nitrogen and oxygen atoms in total. The minimum Gasteiger partial charge on any atom is -0.309 e. The van der Waals surface area contributed by atoms with Crippen molar-refractivity contribution >= 4 is 11.3 Å². The lowest BCUT2D eigenvalue weighted by Crippen LogP contribution is -2.22. The third-order valence-corrected chi connectivity index (χ3v) is 4.93. The maximum Gasteiger partial charge on any atom is 0.0900 e. The third-order valence-electron chi connectivity index (χ3n) is 3.74. The monoisotopic (exact) mass is 296 g/mol. The minimum absolute atomic E-state index is 0.521. The molecule has 0 radical (unpaired) electrons. The van der Waals surface area contributed by atoms with Gasteiger partial charge in [0.1, 0.15) is 0 Å². The summed E-state index contributed by atoms with van der Waals surface area (Å²) in [7, 11) is 0. The summed E-state index contributed by atoms with van der Waals surface area (Å²) >= 11 is 1.87. The largest absolute Gasteiger partial charge is 0.309 e. The van der Waals surface area contributed by atoms with Crippen LogP contribution in [-0.2, 0) is 0 Å². The number of hydrogen-bond acceptors (Lipinski definition) is 3. The first kappa shape index (κ1) is 17.6. The Morgan fingerprint density at radius 2 is 1.70 bits per heavy atom. The summed E-state index contributed by atoms with van der Waals surface area (Å²) in [6, 6.07) is 0.521. The quantitative estimate of drug-likeness (QED) is 0.541. The fraction of sp³-hybridized carbons (Fsp3) is 0.824. The van der Waals surface area contributed by atoms with Crippen LogP contribution >= 0.6 is 11.3 Å². The summed E-state index contributed by atoms with van der Waals surface area (Å²) in [5, 5.41) is 4.91. The fourth-order valence-corrected chi connectivity index (χ4v) is 3.68. The van der Waals surface area contributed by atoms with E-state index in [1.54, 1.807) is 0 Å². The van der Waals surface area contributed by atoms with Gasteiger partial charge in [-0.3, -0.25) is 0 Å². The van der Waals surface area contributed by atoms with E-state index in [4.69, 9.17) is 0 Å². The molecule has 20 heavy (non-hydrogen) atoms. The van der Waals surface area contributed by atoms with Crippen LogP contribution < -0.4 is 5.32 Å². The van der Waals surface area contributed by atoms with Gasteiger partial charge >= 0.3 is 0 Å². The first-order valence-corrected chi connectivity index (χ1v) is 9.18. The number of thiazole rings is 1. The van der Waals surface area contributed by atoms with Crippen molar-refractivity contribution in [1.29, 1.82) is 0 Å². The Kier molecular flexibility index (Phi) is 9.12. The van der Waals surface area contributed by atoms with Gasteiger partial charge in [-0.15, -0.1) is 11.3 Å². The molecule has 1 atom stereocenters. The molecule has 0 saturated carbocycles. The van der Waals surface area contributed by atoms with E-state index in [0.717, 1.165) is 6.54 Å². The standard InChI is InChI=1S/C17H32N2S/c1-5-7-8-9-10-11-12-16(18-13-6-2)17-14(3)19-15(4)20-17/h16,18H,5-13H2,1-4H3. The summed E-state index contributed by atoms with van der Waals surface area (Å²) in [5.41, 5.74) is 1.23. The predicted octanol–water partition coefficient (Wildman–Crippen LogP) is 5.55. The van der Waals surface area contributed by atoms with E-state index in [1.807, 2.05) is 11.3 Å². The average Bonchev–Trinajstić information content (AvgIpc) is 2.76. The van der Waals surface area contributed by atoms with Crippen molar-refractivity contribution in [2.24, 2.45) is 0 Å². The van der Waals surface area contributed by atoms with Crippen LogP contribution in [0, 0.1) is 13.8 Å². The van der Waals surface area contributed by atoms with Gasteiger partial charge in [0.25, 0.3) is 0 Å². The SMILES string of the molecule is CCCCCCCCC(NCCC)c1sc(C)nc1C. The maximum atomic E-state index is 4.59. The zero-order valence-electron chi connectivity index (χ0n) is 13.8. The molecule has 1 heterocycles. The van der Waals surface area contributed by atoms with Gasteiger partial charge in [0.15, 0.2) is 0 Å². The van der Waals surface area contributed by atoms with Gasteiger partial charge in [-0.2, -0.15) is 0 Å². The minimum atomic E-state index is 0.521. The predicted molar refractivity (Wildman–Crippen MR) is 90.6 cm³/mol. The molecular weight excluding hydrogens is 264 g/mol. The second kappa shape index (κ2) is 10.3. The molecule has 1 aromatic rings. The second-order valence-corrected chi connectivity index (χ2v) is 6.98. The smallest absolute Gasteiger partial charge is 0.0900 e. The van der Waals surface area contributed by atoms with E-state index < -0.39 is 0 Å². The lowest BCUT2D eigenvalue weighted by molar-refractivity contribution is 0.470. The molecule has 0 aliphatic rings. The van der Waals surface area contributed by atoms with Crippen LogP contribution in [0.4, 0.5) is 0 Å². The molecule has 0 bridgehead atoms. The van der Waals surface area contributed by atoms with Crippen molar-refractivity contribution < 1.29 is 0 Å². The molecule has 0 aliphatic carbocycles. The number of aryl methyl sites for hydroxylation is 2. The Labute approximate surface area is 129 Å². The molecule has 1 unspecified atom stereocenters. The molecular formula is C17H32N2S. The summed E-state index contributed by atoms with van der Waals surface area (Å²) in [6.45, 7) is 9.89. The van der Waals surface area contributed by atoms with Crippen LogP contribution in [0.5, 0.6) is 0 Å². The lowest BCUT2D eigenvalue weighted by atomic mass is 10.0. The van der Waals surface area contributed by atoms with Gasteiger partial charge in [-0.1, -0.05) is 52.4 Å². The van der Waals surface area contributed by atoms with E-state index in [-0.39, 0.29) is 0 Å². The Bertz CT molecular complexity index is 360. The first-order chi connectivity index (χ1) is 9.69. The normalized spacial score (nSPS) is 12.8. The van der Waals surface area contributed by atoms with E-state index in [1.165, 1.54) is 66.9 Å². The van der Waals surface area contributed by atoms with Crippen molar-refractivity contribution in [2.45, 2.75) is 85.1 Å². The van der Waals surface area contributed by atoms with Crippen molar-refractivity contribution in [3.63, 3.8) is 0 Å². The number of unbranched alkanes of at least 4 members (excludes halogenated alkanes) is 5. The van der Waals surface area contributed by atoms with Crippen molar-refractivity contribution in [1.82, 2.24) is 10.3 Å². The van der Waals surface area contributed by atoms with Gasteiger partial charge in [0, 0.05) is 10.9 Å².